The molecule has 0 spiro atoms. The van der Waals surface area contributed by atoms with E-state index in [2.05, 4.69) is 4.99 Å². The minimum Gasteiger partial charge on any atom is -0.258 e. The molecule has 14 heavy (non-hydrogen) atoms. The van der Waals surface area contributed by atoms with E-state index in [4.69, 9.17) is 0 Å². The summed E-state index contributed by atoms with van der Waals surface area (Å²) in [7, 11) is 0. The molecule has 0 fully saturated rings. The van der Waals surface area contributed by atoms with Gasteiger partial charge in [0.25, 0.3) is 5.69 Å². The summed E-state index contributed by atoms with van der Waals surface area (Å²) >= 11 is 0. The Morgan fingerprint density at radius 3 is 2.71 bits per heavy atom. The number of benzene rings is 1. The molecular weight excluding hydrogens is 191 g/mol. The summed E-state index contributed by atoms with van der Waals surface area (Å²) in [5.41, 5.74) is -0.475. The highest BCUT2D eigenvalue weighted by Crippen LogP contribution is 2.31. The van der Waals surface area contributed by atoms with Crippen LogP contribution >= 0.6 is 0 Å². The number of nitrogens with zero attached hydrogens (tertiary/aromatic N) is 2. The molecule has 0 bridgehead atoms. The molecule has 5 nitrogen and oxygen atoms in total. The van der Waals surface area contributed by atoms with E-state index in [0.29, 0.717) is 6.07 Å². The van der Waals surface area contributed by atoms with E-state index in [1.807, 2.05) is 0 Å². The molecule has 0 aromatic heterocycles. The molecule has 0 N–H and O–H groups in total. The molecule has 6 heteroatoms. The maximum atomic E-state index is 12.8. The van der Waals surface area contributed by atoms with Crippen molar-refractivity contribution in [3.8, 4) is 0 Å². The fourth-order valence-electron chi connectivity index (χ4n) is 1.05. The molecule has 0 saturated carbocycles. The second kappa shape index (κ2) is 3.76. The number of nitro groups is 1. The van der Waals surface area contributed by atoms with E-state index in [9.17, 15) is 19.3 Å². The number of carbonyl (C=O) groups excluding carboxylic acids is 1. The molecule has 0 amide bonds. The van der Waals surface area contributed by atoms with Gasteiger partial charge in [0.05, 0.1) is 11.0 Å². The first-order chi connectivity index (χ1) is 6.56. The third-order valence-electron chi connectivity index (χ3n) is 1.60. The Morgan fingerprint density at radius 2 is 2.21 bits per heavy atom. The van der Waals surface area contributed by atoms with Crippen molar-refractivity contribution in [2.45, 2.75) is 6.92 Å². The van der Waals surface area contributed by atoms with Gasteiger partial charge in [0, 0.05) is 0 Å². The predicted molar refractivity (Wildman–Crippen MR) is 45.6 cm³/mol. The zero-order chi connectivity index (χ0) is 10.7. The van der Waals surface area contributed by atoms with Gasteiger partial charge >= 0.3 is 0 Å². The number of rotatable bonds is 2. The van der Waals surface area contributed by atoms with Crippen LogP contribution in [0.4, 0.5) is 15.8 Å². The maximum Gasteiger partial charge on any atom is 0.298 e. The molecule has 0 aliphatic rings. The number of nitro benzene ring substituents is 1. The smallest absolute Gasteiger partial charge is 0.258 e. The Kier molecular flexibility index (Phi) is 2.69. The maximum absolute atomic E-state index is 12.8. The van der Waals surface area contributed by atoms with Crippen molar-refractivity contribution < 1.29 is 14.1 Å². The van der Waals surface area contributed by atoms with Gasteiger partial charge in [0.2, 0.25) is 6.08 Å². The Balaban J connectivity index is 3.51. The lowest BCUT2D eigenvalue weighted by molar-refractivity contribution is -0.384. The van der Waals surface area contributed by atoms with Gasteiger partial charge in [-0.25, -0.2) is 9.18 Å². The average molecular weight is 196 g/mol. The molecule has 0 aliphatic heterocycles. The van der Waals surface area contributed by atoms with Crippen LogP contribution in [0.5, 0.6) is 0 Å². The fraction of sp³-hybridized carbons (Fsp3) is 0.125. The molecule has 0 radical (unpaired) electrons. The van der Waals surface area contributed by atoms with Gasteiger partial charge in [-0.05, 0) is 18.6 Å². The molecule has 0 unspecified atom stereocenters. The average Bonchev–Trinajstić information content (AvgIpc) is 2.09. The highest BCUT2D eigenvalue weighted by molar-refractivity contribution is 5.65. The van der Waals surface area contributed by atoms with E-state index >= 15 is 0 Å². The van der Waals surface area contributed by atoms with Crippen LogP contribution in [0, 0.1) is 22.9 Å². The number of aryl methyl sites for hydroxylation is 1. The summed E-state index contributed by atoms with van der Waals surface area (Å²) in [6.07, 6.45) is 1.19. The highest BCUT2D eigenvalue weighted by Gasteiger charge is 2.17. The third kappa shape index (κ3) is 1.81. The highest BCUT2D eigenvalue weighted by atomic mass is 19.1. The van der Waals surface area contributed by atoms with Crippen LogP contribution in [0.1, 0.15) is 5.56 Å². The third-order valence-corrected chi connectivity index (χ3v) is 1.60. The van der Waals surface area contributed by atoms with Crippen LogP contribution in [0.3, 0.4) is 0 Å². The molecule has 0 heterocycles. The Morgan fingerprint density at radius 1 is 1.57 bits per heavy atom. The van der Waals surface area contributed by atoms with E-state index < -0.39 is 16.4 Å². The van der Waals surface area contributed by atoms with Crippen molar-refractivity contribution >= 4 is 17.5 Å². The minimum absolute atomic E-state index is 0.161. The van der Waals surface area contributed by atoms with Crippen molar-refractivity contribution in [1.82, 2.24) is 0 Å². The number of hydrogen-bond acceptors (Lipinski definition) is 4. The first-order valence-corrected chi connectivity index (χ1v) is 3.58. The molecule has 1 aromatic carbocycles. The molecular formula is C8H5FN2O3. The normalized spacial score (nSPS) is 9.29. The number of hydrogen-bond donors (Lipinski definition) is 0. The van der Waals surface area contributed by atoms with Gasteiger partial charge in [-0.2, -0.15) is 4.99 Å². The first-order valence-electron chi connectivity index (χ1n) is 3.58. The summed E-state index contributed by atoms with van der Waals surface area (Å²) in [4.78, 5) is 22.8. The van der Waals surface area contributed by atoms with Gasteiger partial charge in [-0.3, -0.25) is 10.1 Å². The standard InChI is InChI=1S/C8H5FN2O3/c1-5-2-6(9)3-7(11(13)14)8(5)10-4-12/h2-3H,1H3. The van der Waals surface area contributed by atoms with Crippen LogP contribution < -0.4 is 0 Å². The van der Waals surface area contributed by atoms with Crippen LogP contribution in [-0.2, 0) is 4.79 Å². The zero-order valence-corrected chi connectivity index (χ0v) is 7.15. The molecule has 1 aromatic rings. The van der Waals surface area contributed by atoms with Crippen LogP contribution in [0.25, 0.3) is 0 Å². The Hall–Kier alpha value is -2.07. The summed E-state index contributed by atoms with van der Waals surface area (Å²) in [6, 6.07) is 1.77. The molecule has 72 valence electrons. The van der Waals surface area contributed by atoms with Gasteiger partial charge < -0.3 is 0 Å². The van der Waals surface area contributed by atoms with E-state index in [1.165, 1.54) is 13.0 Å². The van der Waals surface area contributed by atoms with Crippen molar-refractivity contribution in [3.63, 3.8) is 0 Å². The monoisotopic (exact) mass is 196 g/mol. The number of isocyanates is 1. The van der Waals surface area contributed by atoms with Gasteiger partial charge in [-0.1, -0.05) is 0 Å². The van der Waals surface area contributed by atoms with E-state index in [1.54, 1.807) is 0 Å². The molecule has 0 aliphatic carbocycles. The van der Waals surface area contributed by atoms with Gasteiger partial charge in [-0.15, -0.1) is 0 Å². The lowest BCUT2D eigenvalue weighted by atomic mass is 10.1. The first kappa shape index (κ1) is 10.0. The van der Waals surface area contributed by atoms with Crippen LogP contribution in [0.2, 0.25) is 0 Å². The number of aliphatic imine (C=N–C) groups is 1. The van der Waals surface area contributed by atoms with Gasteiger partial charge in [0.15, 0.2) is 5.69 Å². The predicted octanol–water partition coefficient (Wildman–Crippen LogP) is 2.01. The second-order valence-corrected chi connectivity index (χ2v) is 2.55. The summed E-state index contributed by atoms with van der Waals surface area (Å²) in [6.45, 7) is 1.42. The van der Waals surface area contributed by atoms with Crippen molar-refractivity contribution in [2.75, 3.05) is 0 Å². The summed E-state index contributed by atoms with van der Waals surface area (Å²) in [5, 5.41) is 10.5. The molecule has 0 atom stereocenters. The zero-order valence-electron chi connectivity index (χ0n) is 7.15. The lowest BCUT2D eigenvalue weighted by Crippen LogP contribution is -1.92. The van der Waals surface area contributed by atoms with Gasteiger partial charge in [0.1, 0.15) is 5.82 Å². The lowest BCUT2D eigenvalue weighted by Gasteiger charge is -1.99. The molecule has 1 rings (SSSR count). The fourth-order valence-corrected chi connectivity index (χ4v) is 1.05. The number of halogens is 1. The van der Waals surface area contributed by atoms with E-state index in [0.717, 1.165) is 6.07 Å². The second-order valence-electron chi connectivity index (χ2n) is 2.55. The molecule has 0 saturated heterocycles. The largest absolute Gasteiger partial charge is 0.298 e. The van der Waals surface area contributed by atoms with Crippen LogP contribution in [-0.4, -0.2) is 11.0 Å². The Labute approximate surface area is 78.0 Å². The Bertz CT molecular complexity index is 438. The van der Waals surface area contributed by atoms with Crippen molar-refractivity contribution in [3.05, 3.63) is 33.6 Å². The van der Waals surface area contributed by atoms with Crippen molar-refractivity contribution in [1.29, 1.82) is 0 Å². The summed E-state index contributed by atoms with van der Waals surface area (Å²) in [5.74, 6) is -0.737. The SMILES string of the molecule is Cc1cc(F)cc([N+](=O)[O-])c1N=C=O. The minimum atomic E-state index is -0.799. The topological polar surface area (TPSA) is 72.6 Å². The van der Waals surface area contributed by atoms with E-state index in [-0.39, 0.29) is 11.3 Å². The van der Waals surface area contributed by atoms with Crippen molar-refractivity contribution in [2.24, 2.45) is 4.99 Å². The quantitative estimate of drug-likeness (QED) is 0.314. The summed E-state index contributed by atoms with van der Waals surface area (Å²) < 4.78 is 12.8. The van der Waals surface area contributed by atoms with Crippen LogP contribution in [0.15, 0.2) is 17.1 Å².